The van der Waals surface area contributed by atoms with Crippen molar-refractivity contribution < 1.29 is 4.39 Å². The molecule has 17 heavy (non-hydrogen) atoms. The zero-order valence-corrected chi connectivity index (χ0v) is 10.7. The van der Waals surface area contributed by atoms with Gasteiger partial charge in [0, 0.05) is 6.04 Å². The van der Waals surface area contributed by atoms with Crippen molar-refractivity contribution in [1.29, 1.82) is 0 Å². The molecule has 1 fully saturated rings. The van der Waals surface area contributed by atoms with Gasteiger partial charge in [0.2, 0.25) is 0 Å². The van der Waals surface area contributed by atoms with Gasteiger partial charge in [0.1, 0.15) is 0 Å². The minimum Gasteiger partial charge on any atom is -0.397 e. The summed E-state index contributed by atoms with van der Waals surface area (Å²) in [5.74, 6) is 0.333. The molecule has 3 N–H and O–H groups in total. The molecule has 2 rings (SSSR count). The van der Waals surface area contributed by atoms with E-state index in [4.69, 9.17) is 17.3 Å². The first kappa shape index (κ1) is 12.5. The van der Waals surface area contributed by atoms with E-state index in [1.807, 2.05) is 0 Å². The third-order valence-electron chi connectivity index (χ3n) is 3.49. The average Bonchev–Trinajstić information content (AvgIpc) is 2.32. The van der Waals surface area contributed by atoms with Gasteiger partial charge in [-0.25, -0.2) is 4.39 Å². The summed E-state index contributed by atoms with van der Waals surface area (Å²) < 4.78 is 13.8. The van der Waals surface area contributed by atoms with E-state index < -0.39 is 5.82 Å². The molecule has 0 saturated heterocycles. The number of nitrogens with one attached hydrogen (secondary N) is 1. The van der Waals surface area contributed by atoms with Crippen molar-refractivity contribution in [1.82, 2.24) is 0 Å². The van der Waals surface area contributed by atoms with Crippen LogP contribution in [0.5, 0.6) is 0 Å². The van der Waals surface area contributed by atoms with Gasteiger partial charge < -0.3 is 11.1 Å². The van der Waals surface area contributed by atoms with Gasteiger partial charge in [0.25, 0.3) is 0 Å². The van der Waals surface area contributed by atoms with Gasteiger partial charge in [-0.1, -0.05) is 18.5 Å². The van der Waals surface area contributed by atoms with Crippen molar-refractivity contribution in [3.8, 4) is 0 Å². The summed E-state index contributed by atoms with van der Waals surface area (Å²) in [6, 6.07) is 3.43. The molecule has 1 saturated carbocycles. The fraction of sp³-hybridized carbons (Fsp3) is 0.538. The highest BCUT2D eigenvalue weighted by molar-refractivity contribution is 6.31. The zero-order valence-electron chi connectivity index (χ0n) is 9.97. The summed E-state index contributed by atoms with van der Waals surface area (Å²) in [6.45, 7) is 2.25. The van der Waals surface area contributed by atoms with Crippen LogP contribution in [0.4, 0.5) is 15.8 Å². The number of nitrogen functional groups attached to an aromatic ring is 1. The molecule has 4 heteroatoms. The van der Waals surface area contributed by atoms with Gasteiger partial charge in [0.05, 0.1) is 16.4 Å². The van der Waals surface area contributed by atoms with E-state index >= 15 is 0 Å². The van der Waals surface area contributed by atoms with Crippen molar-refractivity contribution in [2.75, 3.05) is 11.1 Å². The second kappa shape index (κ2) is 5.13. The van der Waals surface area contributed by atoms with Gasteiger partial charge in [-0.3, -0.25) is 0 Å². The molecular weight excluding hydrogens is 239 g/mol. The number of hydrogen-bond acceptors (Lipinski definition) is 2. The first-order valence-electron chi connectivity index (χ1n) is 6.08. The van der Waals surface area contributed by atoms with Crippen LogP contribution in [0.2, 0.25) is 5.02 Å². The number of rotatable bonds is 2. The van der Waals surface area contributed by atoms with Gasteiger partial charge in [-0.05, 0) is 43.7 Å². The Balaban J connectivity index is 2.11. The van der Waals surface area contributed by atoms with Crippen LogP contribution in [-0.4, -0.2) is 6.04 Å². The fourth-order valence-electron chi connectivity index (χ4n) is 2.32. The SMILES string of the molecule is CC1CCC(Nc2c(N)ccc(Cl)c2F)CC1. The topological polar surface area (TPSA) is 38.0 Å². The molecule has 1 aliphatic rings. The lowest BCUT2D eigenvalue weighted by molar-refractivity contribution is 0.360. The minimum atomic E-state index is -0.440. The number of anilines is 2. The van der Waals surface area contributed by atoms with Gasteiger partial charge in [-0.2, -0.15) is 0 Å². The van der Waals surface area contributed by atoms with Crippen molar-refractivity contribution in [2.45, 2.75) is 38.6 Å². The molecule has 1 aliphatic carbocycles. The molecule has 1 aromatic carbocycles. The maximum absolute atomic E-state index is 13.8. The molecule has 2 nitrogen and oxygen atoms in total. The number of hydrogen-bond donors (Lipinski definition) is 2. The summed E-state index contributed by atoms with van der Waals surface area (Å²) in [4.78, 5) is 0. The monoisotopic (exact) mass is 256 g/mol. The molecule has 0 spiro atoms. The van der Waals surface area contributed by atoms with Gasteiger partial charge >= 0.3 is 0 Å². The maximum Gasteiger partial charge on any atom is 0.166 e. The predicted octanol–water partition coefficient (Wildman–Crippen LogP) is 4.05. The van der Waals surface area contributed by atoms with E-state index in [0.29, 0.717) is 17.4 Å². The Morgan fingerprint density at radius 1 is 1.29 bits per heavy atom. The molecular formula is C13H18ClFN2. The predicted molar refractivity (Wildman–Crippen MR) is 70.9 cm³/mol. The van der Waals surface area contributed by atoms with Crippen LogP contribution in [0.25, 0.3) is 0 Å². The molecule has 0 amide bonds. The third kappa shape index (κ3) is 2.83. The average molecular weight is 257 g/mol. The molecule has 0 bridgehead atoms. The first-order valence-corrected chi connectivity index (χ1v) is 6.45. The van der Waals surface area contributed by atoms with Crippen molar-refractivity contribution in [2.24, 2.45) is 5.92 Å². The van der Waals surface area contributed by atoms with Gasteiger partial charge in [-0.15, -0.1) is 0 Å². The molecule has 1 aromatic rings. The van der Waals surface area contributed by atoms with Crippen molar-refractivity contribution in [3.05, 3.63) is 23.0 Å². The summed E-state index contributed by atoms with van der Waals surface area (Å²) in [6.07, 6.45) is 4.48. The van der Waals surface area contributed by atoms with E-state index in [1.54, 1.807) is 6.07 Å². The van der Waals surface area contributed by atoms with Crippen LogP contribution in [0.1, 0.15) is 32.6 Å². The van der Waals surface area contributed by atoms with Crippen LogP contribution in [-0.2, 0) is 0 Å². The van der Waals surface area contributed by atoms with E-state index in [9.17, 15) is 4.39 Å². The zero-order chi connectivity index (χ0) is 12.4. The largest absolute Gasteiger partial charge is 0.397 e. The molecule has 0 heterocycles. The Hall–Kier alpha value is -0.960. The van der Waals surface area contributed by atoms with Crippen LogP contribution in [0, 0.1) is 11.7 Å². The standard InChI is InChI=1S/C13H18ClFN2/c1-8-2-4-9(5-3-8)17-13-11(16)7-6-10(14)12(13)15/h6-9,17H,2-5,16H2,1H3. The highest BCUT2D eigenvalue weighted by Gasteiger charge is 2.20. The molecule has 0 atom stereocenters. The van der Waals surface area contributed by atoms with E-state index in [2.05, 4.69) is 12.2 Å². The minimum absolute atomic E-state index is 0.117. The van der Waals surface area contributed by atoms with Crippen LogP contribution < -0.4 is 11.1 Å². The highest BCUT2D eigenvalue weighted by atomic mass is 35.5. The third-order valence-corrected chi connectivity index (χ3v) is 3.78. The lowest BCUT2D eigenvalue weighted by Crippen LogP contribution is -2.26. The van der Waals surface area contributed by atoms with E-state index in [0.717, 1.165) is 18.8 Å². The Morgan fingerprint density at radius 2 is 1.94 bits per heavy atom. The van der Waals surface area contributed by atoms with Crippen molar-refractivity contribution >= 4 is 23.0 Å². The number of nitrogens with two attached hydrogens (primary N) is 1. The highest BCUT2D eigenvalue weighted by Crippen LogP contribution is 2.32. The Morgan fingerprint density at radius 3 is 2.59 bits per heavy atom. The van der Waals surface area contributed by atoms with E-state index in [-0.39, 0.29) is 5.02 Å². The second-order valence-electron chi connectivity index (χ2n) is 4.93. The summed E-state index contributed by atoms with van der Waals surface area (Å²) >= 11 is 5.76. The molecule has 0 aromatic heterocycles. The Kier molecular flexibility index (Phi) is 3.77. The molecule has 0 radical (unpaired) electrons. The lowest BCUT2D eigenvalue weighted by atomic mass is 9.87. The van der Waals surface area contributed by atoms with Crippen LogP contribution in [0.15, 0.2) is 12.1 Å². The molecule has 94 valence electrons. The Labute approximate surface area is 106 Å². The molecule has 0 aliphatic heterocycles. The first-order chi connectivity index (χ1) is 8.08. The quantitative estimate of drug-likeness (QED) is 0.784. The van der Waals surface area contributed by atoms with E-state index in [1.165, 1.54) is 18.9 Å². The van der Waals surface area contributed by atoms with Gasteiger partial charge in [0.15, 0.2) is 5.82 Å². The summed E-state index contributed by atoms with van der Waals surface area (Å²) in [5, 5.41) is 3.31. The van der Waals surface area contributed by atoms with Crippen LogP contribution in [0.3, 0.4) is 0 Å². The maximum atomic E-state index is 13.8. The van der Waals surface area contributed by atoms with Crippen molar-refractivity contribution in [3.63, 3.8) is 0 Å². The second-order valence-corrected chi connectivity index (χ2v) is 5.33. The lowest BCUT2D eigenvalue weighted by Gasteiger charge is -2.28. The normalized spacial score (nSPS) is 24.6. The van der Waals surface area contributed by atoms with Crippen LogP contribution >= 0.6 is 11.6 Å². The fourth-order valence-corrected chi connectivity index (χ4v) is 2.48. The number of halogens is 2. The summed E-state index contributed by atoms with van der Waals surface area (Å²) in [5.41, 5.74) is 6.55. The number of benzene rings is 1. The molecule has 0 unspecified atom stereocenters. The summed E-state index contributed by atoms with van der Waals surface area (Å²) in [7, 11) is 0. The Bertz CT molecular complexity index is 401. The smallest absolute Gasteiger partial charge is 0.166 e.